The van der Waals surface area contributed by atoms with Gasteiger partial charge in [-0.05, 0) is 24.8 Å². The van der Waals surface area contributed by atoms with E-state index in [9.17, 15) is 4.39 Å². The summed E-state index contributed by atoms with van der Waals surface area (Å²) in [4.78, 5) is 0. The van der Waals surface area contributed by atoms with Gasteiger partial charge in [-0.15, -0.1) is 0 Å². The summed E-state index contributed by atoms with van der Waals surface area (Å²) in [5.41, 5.74) is 6.53. The second kappa shape index (κ2) is 5.85. The van der Waals surface area contributed by atoms with Gasteiger partial charge >= 0.3 is 0 Å². The minimum Gasteiger partial charge on any atom is -0.497 e. The van der Waals surface area contributed by atoms with Crippen LogP contribution in [0.4, 0.5) is 4.39 Å². The van der Waals surface area contributed by atoms with E-state index in [1.54, 1.807) is 12.1 Å². The normalized spacial score (nSPS) is 12.9. The molecule has 0 amide bonds. The Labute approximate surface area is 96.6 Å². The smallest absolute Gasteiger partial charge is 0.131 e. The van der Waals surface area contributed by atoms with E-state index in [4.69, 9.17) is 10.5 Å². The van der Waals surface area contributed by atoms with Crippen molar-refractivity contribution in [3.05, 3.63) is 29.6 Å². The highest BCUT2D eigenvalue weighted by Crippen LogP contribution is 2.24. The zero-order chi connectivity index (χ0) is 12.1. The standard InChI is InChI=1S/C13H20FNO/c1-9(2)4-7-13(15)11-6-5-10(16-3)8-12(11)14/h5-6,8-9,13H,4,7,15H2,1-3H3/t13-/m1/s1. The molecule has 0 radical (unpaired) electrons. The summed E-state index contributed by atoms with van der Waals surface area (Å²) in [6, 6.07) is 4.60. The average molecular weight is 225 g/mol. The zero-order valence-electron chi connectivity index (χ0n) is 10.2. The third kappa shape index (κ3) is 3.49. The lowest BCUT2D eigenvalue weighted by Crippen LogP contribution is -2.13. The molecule has 16 heavy (non-hydrogen) atoms. The van der Waals surface area contributed by atoms with Gasteiger partial charge in [0.05, 0.1) is 7.11 Å². The molecule has 0 saturated carbocycles. The first-order valence-corrected chi connectivity index (χ1v) is 5.63. The number of rotatable bonds is 5. The molecular weight excluding hydrogens is 205 g/mol. The van der Waals surface area contributed by atoms with Crippen LogP contribution in [0, 0.1) is 11.7 Å². The fourth-order valence-electron chi connectivity index (χ4n) is 1.60. The quantitative estimate of drug-likeness (QED) is 0.834. The Bertz CT molecular complexity index is 339. The first-order chi connectivity index (χ1) is 7.54. The second-order valence-corrected chi connectivity index (χ2v) is 4.47. The Hall–Kier alpha value is -1.09. The highest BCUT2D eigenvalue weighted by molar-refractivity contribution is 5.30. The van der Waals surface area contributed by atoms with Crippen molar-refractivity contribution < 1.29 is 9.13 Å². The van der Waals surface area contributed by atoms with Crippen molar-refractivity contribution in [2.45, 2.75) is 32.7 Å². The van der Waals surface area contributed by atoms with E-state index in [0.717, 1.165) is 12.8 Å². The summed E-state index contributed by atoms with van der Waals surface area (Å²) < 4.78 is 18.6. The number of ether oxygens (including phenoxy) is 1. The number of methoxy groups -OCH3 is 1. The van der Waals surface area contributed by atoms with Crippen LogP contribution in [0.15, 0.2) is 18.2 Å². The Morgan fingerprint density at radius 3 is 2.50 bits per heavy atom. The van der Waals surface area contributed by atoms with Gasteiger partial charge in [0.2, 0.25) is 0 Å². The molecule has 0 heterocycles. The molecule has 1 aromatic rings. The molecule has 0 aromatic heterocycles. The highest BCUT2D eigenvalue weighted by atomic mass is 19.1. The molecule has 0 saturated heterocycles. The lowest BCUT2D eigenvalue weighted by atomic mass is 9.98. The monoisotopic (exact) mass is 225 g/mol. The molecule has 0 aliphatic heterocycles. The van der Waals surface area contributed by atoms with Gasteiger partial charge in [-0.25, -0.2) is 4.39 Å². The molecule has 0 bridgehead atoms. The number of halogens is 1. The van der Waals surface area contributed by atoms with Crippen LogP contribution < -0.4 is 10.5 Å². The van der Waals surface area contributed by atoms with Gasteiger partial charge < -0.3 is 10.5 Å². The van der Waals surface area contributed by atoms with E-state index in [0.29, 0.717) is 17.2 Å². The number of hydrogen-bond donors (Lipinski definition) is 1. The van der Waals surface area contributed by atoms with Gasteiger partial charge in [0.15, 0.2) is 0 Å². The van der Waals surface area contributed by atoms with Crippen LogP contribution in [0.25, 0.3) is 0 Å². The van der Waals surface area contributed by atoms with E-state index >= 15 is 0 Å². The molecule has 90 valence electrons. The summed E-state index contributed by atoms with van der Waals surface area (Å²) in [5.74, 6) is 0.834. The van der Waals surface area contributed by atoms with E-state index in [-0.39, 0.29) is 11.9 Å². The third-order valence-corrected chi connectivity index (χ3v) is 2.66. The van der Waals surface area contributed by atoms with Crippen LogP contribution in [0.2, 0.25) is 0 Å². The van der Waals surface area contributed by atoms with Crippen LogP contribution in [0.3, 0.4) is 0 Å². The zero-order valence-corrected chi connectivity index (χ0v) is 10.2. The first-order valence-electron chi connectivity index (χ1n) is 5.63. The molecule has 2 nitrogen and oxygen atoms in total. The summed E-state index contributed by atoms with van der Waals surface area (Å²) >= 11 is 0. The Kier molecular flexibility index (Phi) is 4.74. The van der Waals surface area contributed by atoms with Gasteiger partial charge in [-0.1, -0.05) is 19.9 Å². The third-order valence-electron chi connectivity index (χ3n) is 2.66. The first kappa shape index (κ1) is 13.0. The van der Waals surface area contributed by atoms with Gasteiger partial charge in [0.1, 0.15) is 11.6 Å². The van der Waals surface area contributed by atoms with E-state index < -0.39 is 0 Å². The van der Waals surface area contributed by atoms with Crippen LogP contribution in [-0.4, -0.2) is 7.11 Å². The van der Waals surface area contributed by atoms with Crippen molar-refractivity contribution in [3.8, 4) is 5.75 Å². The molecule has 0 spiro atoms. The van der Waals surface area contributed by atoms with Crippen LogP contribution in [-0.2, 0) is 0 Å². The van der Waals surface area contributed by atoms with Crippen molar-refractivity contribution in [1.29, 1.82) is 0 Å². The highest BCUT2D eigenvalue weighted by Gasteiger charge is 2.12. The van der Waals surface area contributed by atoms with Gasteiger partial charge in [0.25, 0.3) is 0 Å². The maximum absolute atomic E-state index is 13.7. The molecule has 1 atom stereocenters. The second-order valence-electron chi connectivity index (χ2n) is 4.47. The topological polar surface area (TPSA) is 35.2 Å². The van der Waals surface area contributed by atoms with Gasteiger partial charge in [-0.2, -0.15) is 0 Å². The van der Waals surface area contributed by atoms with Gasteiger partial charge in [-0.3, -0.25) is 0 Å². The van der Waals surface area contributed by atoms with Crippen LogP contribution >= 0.6 is 0 Å². The molecule has 0 unspecified atom stereocenters. The van der Waals surface area contributed by atoms with Crippen molar-refractivity contribution >= 4 is 0 Å². The Balaban J connectivity index is 2.71. The summed E-state index contributed by atoms with van der Waals surface area (Å²) in [6.45, 7) is 4.27. The maximum Gasteiger partial charge on any atom is 0.131 e. The molecule has 3 heteroatoms. The number of nitrogens with two attached hydrogens (primary N) is 1. The lowest BCUT2D eigenvalue weighted by molar-refractivity contribution is 0.409. The minimum atomic E-state index is -0.282. The summed E-state index contributed by atoms with van der Waals surface area (Å²) in [7, 11) is 1.52. The minimum absolute atomic E-state index is 0.228. The van der Waals surface area contributed by atoms with E-state index in [1.807, 2.05) is 0 Å². The van der Waals surface area contributed by atoms with E-state index in [1.165, 1.54) is 13.2 Å². The SMILES string of the molecule is COc1ccc([C@H](N)CCC(C)C)c(F)c1. The van der Waals surface area contributed by atoms with Crippen molar-refractivity contribution in [2.75, 3.05) is 7.11 Å². The number of benzene rings is 1. The van der Waals surface area contributed by atoms with Crippen molar-refractivity contribution in [1.82, 2.24) is 0 Å². The molecule has 0 fully saturated rings. The molecule has 1 rings (SSSR count). The molecule has 0 aliphatic rings. The van der Waals surface area contributed by atoms with Crippen LogP contribution in [0.1, 0.15) is 38.3 Å². The predicted molar refractivity (Wildman–Crippen MR) is 64.0 cm³/mol. The summed E-state index contributed by atoms with van der Waals surface area (Å²) in [5, 5.41) is 0. The fourth-order valence-corrected chi connectivity index (χ4v) is 1.60. The fraction of sp³-hybridized carbons (Fsp3) is 0.538. The maximum atomic E-state index is 13.7. The Morgan fingerprint density at radius 1 is 1.31 bits per heavy atom. The van der Waals surface area contributed by atoms with Crippen molar-refractivity contribution in [2.24, 2.45) is 11.7 Å². The van der Waals surface area contributed by atoms with Crippen LogP contribution in [0.5, 0.6) is 5.75 Å². The van der Waals surface area contributed by atoms with E-state index in [2.05, 4.69) is 13.8 Å². The largest absolute Gasteiger partial charge is 0.497 e. The Morgan fingerprint density at radius 2 is 2.00 bits per heavy atom. The molecule has 0 aliphatic carbocycles. The van der Waals surface area contributed by atoms with Crippen molar-refractivity contribution in [3.63, 3.8) is 0 Å². The molecule has 1 aromatic carbocycles. The summed E-state index contributed by atoms with van der Waals surface area (Å²) in [6.07, 6.45) is 1.81. The lowest BCUT2D eigenvalue weighted by Gasteiger charge is -2.14. The number of hydrogen-bond acceptors (Lipinski definition) is 2. The molecule has 2 N–H and O–H groups in total. The molecular formula is C13H20FNO. The van der Waals surface area contributed by atoms with Gasteiger partial charge in [0, 0.05) is 17.7 Å². The average Bonchev–Trinajstić information content (AvgIpc) is 2.25. The predicted octanol–water partition coefficient (Wildman–Crippen LogP) is 3.27.